The second-order valence-corrected chi connectivity index (χ2v) is 7.47. The molecule has 8 nitrogen and oxygen atoms in total. The van der Waals surface area contributed by atoms with Gasteiger partial charge in [-0.05, 0) is 17.7 Å². The van der Waals surface area contributed by atoms with E-state index in [2.05, 4.69) is 10.0 Å². The van der Waals surface area contributed by atoms with Crippen molar-refractivity contribution in [3.05, 3.63) is 29.6 Å². The Balaban J connectivity index is 1.92. The van der Waals surface area contributed by atoms with Crippen LogP contribution in [0.1, 0.15) is 19.4 Å². The lowest BCUT2D eigenvalue weighted by Crippen LogP contribution is -2.25. The molecule has 1 unspecified atom stereocenters. The number of anilines is 1. The molecule has 2 N–H and O–H groups in total. The minimum atomic E-state index is -1.92. The van der Waals surface area contributed by atoms with E-state index < -0.39 is 35.7 Å². The standard InChI is InChI=1S/C17H20FN3O5S/c1-10(2)17(23)26-9-25-13-4-3-12(11-5-6-19-7-11)15(18)16(13)21-8-14(22)20-27(21)24/h3-5,10,19H,6-9H2,1-2H3,(H,20,22). The second-order valence-electron chi connectivity index (χ2n) is 6.33. The molecule has 146 valence electrons. The highest BCUT2D eigenvalue weighted by molar-refractivity contribution is 7.85. The zero-order valence-corrected chi connectivity index (χ0v) is 15.7. The zero-order valence-electron chi connectivity index (χ0n) is 14.9. The maximum absolute atomic E-state index is 15.3. The molecule has 3 rings (SSSR count). The number of carbonyl (C=O) groups is 2. The predicted molar refractivity (Wildman–Crippen MR) is 97.3 cm³/mol. The van der Waals surface area contributed by atoms with E-state index >= 15 is 4.39 Å². The summed E-state index contributed by atoms with van der Waals surface area (Å²) in [6.07, 6.45) is 1.86. The first-order valence-electron chi connectivity index (χ1n) is 8.39. The van der Waals surface area contributed by atoms with E-state index in [1.807, 2.05) is 6.08 Å². The minimum absolute atomic E-state index is 0.0317. The molecule has 2 aliphatic heterocycles. The Kier molecular flexibility index (Phi) is 5.76. The van der Waals surface area contributed by atoms with Crippen LogP contribution in [0, 0.1) is 11.7 Å². The SMILES string of the molecule is CC(C)C(=O)OCOc1ccc(C2=CCNC2)c(F)c1N1CC(=O)NS1=O. The average Bonchev–Trinajstić information content (AvgIpc) is 3.24. The molecule has 0 saturated carbocycles. The van der Waals surface area contributed by atoms with Crippen molar-refractivity contribution in [3.8, 4) is 5.75 Å². The van der Waals surface area contributed by atoms with E-state index in [1.165, 1.54) is 6.07 Å². The van der Waals surface area contributed by atoms with E-state index in [-0.39, 0.29) is 23.9 Å². The molecule has 1 fully saturated rings. The lowest BCUT2D eigenvalue weighted by molar-refractivity contribution is -0.153. The largest absolute Gasteiger partial charge is 0.455 e. The smallest absolute Gasteiger partial charge is 0.311 e. The summed E-state index contributed by atoms with van der Waals surface area (Å²) in [6, 6.07) is 3.06. The Morgan fingerprint density at radius 3 is 2.78 bits per heavy atom. The van der Waals surface area contributed by atoms with Crippen LogP contribution in [0.4, 0.5) is 10.1 Å². The van der Waals surface area contributed by atoms with Crippen LogP contribution >= 0.6 is 0 Å². The predicted octanol–water partition coefficient (Wildman–Crippen LogP) is 0.863. The number of nitrogens with zero attached hydrogens (tertiary/aromatic N) is 1. The van der Waals surface area contributed by atoms with Crippen LogP contribution in [0.2, 0.25) is 0 Å². The molecule has 10 heteroatoms. The fourth-order valence-electron chi connectivity index (χ4n) is 2.68. The van der Waals surface area contributed by atoms with Gasteiger partial charge in [0.1, 0.15) is 12.2 Å². The van der Waals surface area contributed by atoms with Gasteiger partial charge < -0.3 is 14.8 Å². The molecule has 0 spiro atoms. The Morgan fingerprint density at radius 1 is 1.41 bits per heavy atom. The highest BCUT2D eigenvalue weighted by Crippen LogP contribution is 2.37. The van der Waals surface area contributed by atoms with Crippen molar-refractivity contribution in [2.24, 2.45) is 5.92 Å². The molecule has 0 radical (unpaired) electrons. The Labute approximate surface area is 158 Å². The highest BCUT2D eigenvalue weighted by atomic mass is 32.2. The van der Waals surface area contributed by atoms with E-state index in [4.69, 9.17) is 9.47 Å². The van der Waals surface area contributed by atoms with Gasteiger partial charge in [0.15, 0.2) is 11.6 Å². The van der Waals surface area contributed by atoms with Gasteiger partial charge in [0.2, 0.25) is 18.0 Å². The van der Waals surface area contributed by atoms with Gasteiger partial charge in [-0.1, -0.05) is 19.9 Å². The van der Waals surface area contributed by atoms with Gasteiger partial charge >= 0.3 is 5.97 Å². The molecule has 1 aromatic carbocycles. The van der Waals surface area contributed by atoms with E-state index in [1.54, 1.807) is 19.9 Å². The minimum Gasteiger partial charge on any atom is -0.455 e. The summed E-state index contributed by atoms with van der Waals surface area (Å²) in [5.41, 5.74) is 0.978. The van der Waals surface area contributed by atoms with Gasteiger partial charge in [0.25, 0.3) is 5.91 Å². The summed E-state index contributed by atoms with van der Waals surface area (Å²) in [5.74, 6) is -1.90. The normalized spacial score (nSPS) is 19.3. The van der Waals surface area contributed by atoms with Crippen LogP contribution in [0.3, 0.4) is 0 Å². The van der Waals surface area contributed by atoms with Crippen molar-refractivity contribution in [1.29, 1.82) is 0 Å². The van der Waals surface area contributed by atoms with Crippen LogP contribution in [0.15, 0.2) is 18.2 Å². The van der Waals surface area contributed by atoms with Gasteiger partial charge in [-0.2, -0.15) is 0 Å². The Bertz CT molecular complexity index is 827. The highest BCUT2D eigenvalue weighted by Gasteiger charge is 2.33. The molecular formula is C17H20FN3O5S. The molecule has 1 atom stereocenters. The lowest BCUT2D eigenvalue weighted by Gasteiger charge is -2.21. The number of carbonyl (C=O) groups excluding carboxylic acids is 2. The first kappa shape index (κ1) is 19.3. The lowest BCUT2D eigenvalue weighted by atomic mass is 10.0. The molecule has 2 aliphatic rings. The molecule has 1 saturated heterocycles. The Morgan fingerprint density at radius 2 is 2.19 bits per heavy atom. The van der Waals surface area contributed by atoms with Crippen molar-refractivity contribution in [3.63, 3.8) is 0 Å². The number of ether oxygens (including phenoxy) is 2. The fourth-order valence-corrected chi connectivity index (χ4v) is 3.62. The Hall–Kier alpha value is -2.46. The number of benzene rings is 1. The number of esters is 1. The third kappa shape index (κ3) is 4.11. The topological polar surface area (TPSA) is 97.0 Å². The van der Waals surface area contributed by atoms with E-state index in [9.17, 15) is 13.8 Å². The maximum atomic E-state index is 15.3. The van der Waals surface area contributed by atoms with E-state index in [0.717, 1.165) is 9.88 Å². The summed E-state index contributed by atoms with van der Waals surface area (Å²) in [7, 11) is 0. The molecule has 0 aliphatic carbocycles. The molecule has 0 bridgehead atoms. The third-order valence-electron chi connectivity index (χ3n) is 4.06. The average molecular weight is 397 g/mol. The number of hydrogen-bond donors (Lipinski definition) is 2. The molecule has 0 aromatic heterocycles. The summed E-state index contributed by atoms with van der Waals surface area (Å²) < 4.78 is 41.1. The van der Waals surface area contributed by atoms with Crippen LogP contribution in [0.25, 0.3) is 5.57 Å². The van der Waals surface area contributed by atoms with Crippen molar-refractivity contribution in [2.45, 2.75) is 13.8 Å². The van der Waals surface area contributed by atoms with Crippen molar-refractivity contribution < 1.29 is 27.7 Å². The quantitative estimate of drug-likeness (QED) is 0.546. The van der Waals surface area contributed by atoms with Crippen LogP contribution in [-0.4, -0.2) is 42.5 Å². The molecule has 2 heterocycles. The molecule has 27 heavy (non-hydrogen) atoms. The van der Waals surface area contributed by atoms with Crippen molar-refractivity contribution in [2.75, 3.05) is 30.7 Å². The van der Waals surface area contributed by atoms with Crippen molar-refractivity contribution >= 4 is 34.3 Å². The molecule has 1 amide bonds. The van der Waals surface area contributed by atoms with E-state index in [0.29, 0.717) is 18.7 Å². The van der Waals surface area contributed by atoms with Gasteiger partial charge in [-0.3, -0.25) is 18.6 Å². The maximum Gasteiger partial charge on any atom is 0.311 e. The van der Waals surface area contributed by atoms with Crippen LogP contribution in [-0.2, 0) is 25.5 Å². The van der Waals surface area contributed by atoms with Crippen LogP contribution < -0.4 is 19.1 Å². The number of nitrogens with one attached hydrogen (secondary N) is 2. The number of hydrogen-bond acceptors (Lipinski definition) is 6. The van der Waals surface area contributed by atoms with Gasteiger partial charge in [0.05, 0.1) is 5.92 Å². The fraction of sp³-hybridized carbons (Fsp3) is 0.412. The first-order chi connectivity index (χ1) is 12.9. The van der Waals surface area contributed by atoms with Gasteiger partial charge in [-0.15, -0.1) is 0 Å². The van der Waals surface area contributed by atoms with Gasteiger partial charge in [-0.25, -0.2) is 8.60 Å². The first-order valence-corrected chi connectivity index (χ1v) is 9.50. The van der Waals surface area contributed by atoms with Gasteiger partial charge in [0, 0.05) is 18.7 Å². The number of rotatable bonds is 6. The van der Waals surface area contributed by atoms with Crippen LogP contribution in [0.5, 0.6) is 5.75 Å². The number of amides is 1. The third-order valence-corrected chi connectivity index (χ3v) is 5.17. The van der Waals surface area contributed by atoms with Crippen molar-refractivity contribution in [1.82, 2.24) is 10.0 Å². The summed E-state index contributed by atoms with van der Waals surface area (Å²) >= 11 is -1.92. The summed E-state index contributed by atoms with van der Waals surface area (Å²) in [6.45, 7) is 3.79. The molecule has 1 aromatic rings. The monoisotopic (exact) mass is 397 g/mol. The zero-order chi connectivity index (χ0) is 19.6. The summed E-state index contributed by atoms with van der Waals surface area (Å²) in [5, 5.41) is 3.09. The second kappa shape index (κ2) is 8.05. The number of halogens is 1. The summed E-state index contributed by atoms with van der Waals surface area (Å²) in [4.78, 5) is 23.1. The molecular weight excluding hydrogens is 377 g/mol.